The lowest BCUT2D eigenvalue weighted by molar-refractivity contribution is -0.141. The van der Waals surface area contributed by atoms with Gasteiger partial charge < -0.3 is 20.1 Å². The molecule has 2 aliphatic rings. The first-order chi connectivity index (χ1) is 14.3. The highest BCUT2D eigenvalue weighted by Crippen LogP contribution is 2.32. The monoisotopic (exact) mass is 450 g/mol. The summed E-state index contributed by atoms with van der Waals surface area (Å²) < 4.78 is 10.4. The number of hydrogen-bond acceptors (Lipinski definition) is 6. The van der Waals surface area contributed by atoms with E-state index in [1.165, 1.54) is 13.2 Å². The van der Waals surface area contributed by atoms with Gasteiger partial charge in [-0.05, 0) is 47.9 Å². The number of halogens is 2. The number of hydrogen-bond donors (Lipinski definition) is 1. The van der Waals surface area contributed by atoms with Crippen molar-refractivity contribution >= 4 is 40.9 Å². The molecule has 30 heavy (non-hydrogen) atoms. The minimum absolute atomic E-state index is 0.0521. The van der Waals surface area contributed by atoms with E-state index in [-0.39, 0.29) is 37.5 Å². The van der Waals surface area contributed by atoms with Gasteiger partial charge in [0.2, 0.25) is 11.7 Å². The molecule has 158 valence electrons. The Balaban J connectivity index is 1.78. The smallest absolute Gasteiger partial charge is 0.305 e. The average Bonchev–Trinajstić information content (AvgIpc) is 3.10. The van der Waals surface area contributed by atoms with Crippen LogP contribution in [-0.2, 0) is 30.5 Å². The predicted molar refractivity (Wildman–Crippen MR) is 111 cm³/mol. The van der Waals surface area contributed by atoms with Gasteiger partial charge in [0.1, 0.15) is 12.6 Å². The third kappa shape index (κ3) is 5.04. The summed E-state index contributed by atoms with van der Waals surface area (Å²) in [6, 6.07) is 4.30. The van der Waals surface area contributed by atoms with Gasteiger partial charge >= 0.3 is 5.97 Å². The van der Waals surface area contributed by atoms with Crippen LogP contribution in [0, 0.1) is 0 Å². The molecule has 3 rings (SSSR count). The van der Waals surface area contributed by atoms with E-state index in [4.69, 9.17) is 33.7 Å². The second kappa shape index (κ2) is 9.36. The van der Waals surface area contributed by atoms with Crippen LogP contribution in [0.25, 0.3) is 0 Å². The fourth-order valence-corrected chi connectivity index (χ4v) is 3.92. The molecule has 0 fully saturated rings. The van der Waals surface area contributed by atoms with Gasteiger partial charge in [0.05, 0.1) is 7.11 Å². The molecule has 7 nitrogen and oxygen atoms in total. The van der Waals surface area contributed by atoms with E-state index in [0.29, 0.717) is 15.6 Å². The van der Waals surface area contributed by atoms with Crippen LogP contribution in [0.4, 0.5) is 0 Å². The van der Waals surface area contributed by atoms with E-state index in [2.05, 4.69) is 4.74 Å². The molecule has 0 saturated carbocycles. The van der Waals surface area contributed by atoms with Crippen LogP contribution in [0.5, 0.6) is 0 Å². The Morgan fingerprint density at radius 3 is 2.53 bits per heavy atom. The molecule has 1 unspecified atom stereocenters. The zero-order chi connectivity index (χ0) is 21.8. The van der Waals surface area contributed by atoms with E-state index >= 15 is 0 Å². The minimum atomic E-state index is -0.716. The van der Waals surface area contributed by atoms with Gasteiger partial charge in [-0.3, -0.25) is 14.4 Å². The summed E-state index contributed by atoms with van der Waals surface area (Å²) >= 11 is 12.0. The number of ketones is 1. The maximum Gasteiger partial charge on any atom is 0.305 e. The zero-order valence-electron chi connectivity index (χ0n) is 16.2. The van der Waals surface area contributed by atoms with E-state index in [9.17, 15) is 14.4 Å². The topological polar surface area (TPSA) is 98.9 Å². The van der Waals surface area contributed by atoms with E-state index in [0.717, 1.165) is 11.1 Å². The third-order valence-electron chi connectivity index (χ3n) is 4.79. The molecular formula is C21H20Cl2N2O5. The van der Waals surface area contributed by atoms with Gasteiger partial charge in [-0.25, -0.2) is 0 Å². The van der Waals surface area contributed by atoms with E-state index in [1.54, 1.807) is 35.4 Å². The number of nitrogens with zero attached hydrogens (tertiary/aromatic N) is 1. The van der Waals surface area contributed by atoms with Gasteiger partial charge in [0.15, 0.2) is 5.76 Å². The molecule has 1 atom stereocenters. The Morgan fingerprint density at radius 1 is 1.20 bits per heavy atom. The lowest BCUT2D eigenvalue weighted by Gasteiger charge is -2.25. The summed E-state index contributed by atoms with van der Waals surface area (Å²) in [5, 5.41) is 0.937. The maximum absolute atomic E-state index is 12.4. The second-order valence-corrected chi connectivity index (χ2v) is 7.73. The third-order valence-corrected chi connectivity index (χ3v) is 5.23. The lowest BCUT2D eigenvalue weighted by atomic mass is 10.00. The van der Waals surface area contributed by atoms with E-state index in [1.807, 2.05) is 0 Å². The zero-order valence-corrected chi connectivity index (χ0v) is 17.7. The number of primary amides is 1. The number of esters is 1. The van der Waals surface area contributed by atoms with Crippen molar-refractivity contribution in [2.24, 2.45) is 5.73 Å². The van der Waals surface area contributed by atoms with Crippen LogP contribution in [0.1, 0.15) is 18.4 Å². The molecule has 2 N–H and O–H groups in total. The average molecular weight is 451 g/mol. The number of ether oxygens (including phenoxy) is 2. The Bertz CT molecular complexity index is 963. The highest BCUT2D eigenvalue weighted by Gasteiger charge is 2.33. The fraction of sp³-hybridized carbons (Fsp3) is 0.286. The standard InChI is InChI=1S/C21H20Cl2N2O5/c1-29-19(27)5-3-17(21(24)28)25-9-13-2-4-18(26)20(16(13)10-25)30-11-12-6-14(22)8-15(23)7-12/h2,4,6-9,17H,3,5,10-11H2,1H3,(H2,24,28). The van der Waals surface area contributed by atoms with Crippen LogP contribution < -0.4 is 5.73 Å². The Hall–Kier alpha value is -2.77. The number of carbonyl (C=O) groups excluding carboxylic acids is 3. The molecule has 1 aliphatic carbocycles. The molecule has 1 aromatic carbocycles. The molecule has 1 amide bonds. The quantitative estimate of drug-likeness (QED) is 0.611. The Kier molecular flexibility index (Phi) is 6.84. The van der Waals surface area contributed by atoms with Crippen molar-refractivity contribution < 1.29 is 23.9 Å². The summed E-state index contributed by atoms with van der Waals surface area (Å²) in [4.78, 5) is 37.6. The van der Waals surface area contributed by atoms with Crippen LogP contribution in [0.15, 0.2) is 53.5 Å². The van der Waals surface area contributed by atoms with Crippen LogP contribution in [-0.4, -0.2) is 42.3 Å². The van der Waals surface area contributed by atoms with Gasteiger partial charge in [0.25, 0.3) is 0 Å². The summed E-state index contributed by atoms with van der Waals surface area (Å²) in [6.07, 6.45) is 5.07. The molecule has 0 radical (unpaired) electrons. The number of amides is 1. The highest BCUT2D eigenvalue weighted by atomic mass is 35.5. The first-order valence-corrected chi connectivity index (χ1v) is 9.91. The molecule has 1 heterocycles. The van der Waals surface area contributed by atoms with Crippen molar-refractivity contribution in [1.29, 1.82) is 0 Å². The molecular weight excluding hydrogens is 431 g/mol. The molecule has 0 bridgehead atoms. The molecule has 1 aromatic rings. The first-order valence-electron chi connectivity index (χ1n) is 9.16. The second-order valence-electron chi connectivity index (χ2n) is 6.86. The number of rotatable bonds is 8. The summed E-state index contributed by atoms with van der Waals surface area (Å²) in [7, 11) is 1.28. The van der Waals surface area contributed by atoms with Crippen LogP contribution in [0.2, 0.25) is 10.0 Å². The van der Waals surface area contributed by atoms with Crippen molar-refractivity contribution in [3.05, 3.63) is 69.1 Å². The van der Waals surface area contributed by atoms with Crippen molar-refractivity contribution in [2.75, 3.05) is 13.7 Å². The van der Waals surface area contributed by atoms with Crippen molar-refractivity contribution in [2.45, 2.75) is 25.5 Å². The number of allylic oxidation sites excluding steroid dienone is 2. The van der Waals surface area contributed by atoms with Crippen LogP contribution in [0.3, 0.4) is 0 Å². The van der Waals surface area contributed by atoms with Crippen molar-refractivity contribution in [1.82, 2.24) is 4.90 Å². The number of benzene rings is 1. The molecule has 9 heteroatoms. The normalized spacial score (nSPS) is 16.3. The molecule has 0 aromatic heterocycles. The number of nitrogens with two attached hydrogens (primary N) is 1. The van der Waals surface area contributed by atoms with Gasteiger partial charge in [-0.2, -0.15) is 0 Å². The largest absolute Gasteiger partial charge is 0.484 e. The number of methoxy groups -OCH3 is 1. The van der Waals surface area contributed by atoms with Crippen molar-refractivity contribution in [3.8, 4) is 0 Å². The summed E-state index contributed by atoms with van der Waals surface area (Å²) in [6.45, 7) is 0.361. The molecule has 0 saturated heterocycles. The van der Waals surface area contributed by atoms with Crippen LogP contribution >= 0.6 is 23.2 Å². The van der Waals surface area contributed by atoms with E-state index < -0.39 is 17.9 Å². The van der Waals surface area contributed by atoms with Gasteiger partial charge in [-0.1, -0.05) is 23.2 Å². The Morgan fingerprint density at radius 2 is 1.90 bits per heavy atom. The minimum Gasteiger partial charge on any atom is -0.484 e. The Labute approximate surface area is 183 Å². The lowest BCUT2D eigenvalue weighted by Crippen LogP contribution is -2.41. The SMILES string of the molecule is COC(=O)CCC(C(N)=O)N1C=C2C=CC(=O)C(OCc3cc(Cl)cc(Cl)c3)=C2C1. The summed E-state index contributed by atoms with van der Waals surface area (Å²) in [5.41, 5.74) is 7.66. The first kappa shape index (κ1) is 21.9. The molecule has 1 aliphatic heterocycles. The highest BCUT2D eigenvalue weighted by molar-refractivity contribution is 6.34. The van der Waals surface area contributed by atoms with Crippen molar-refractivity contribution in [3.63, 3.8) is 0 Å². The molecule has 0 spiro atoms. The number of carbonyl (C=O) groups is 3. The van der Waals surface area contributed by atoms with Gasteiger partial charge in [-0.15, -0.1) is 0 Å². The fourth-order valence-electron chi connectivity index (χ4n) is 3.35. The summed E-state index contributed by atoms with van der Waals surface area (Å²) in [5.74, 6) is -1.08. The number of fused-ring (bicyclic) bond motifs is 1. The van der Waals surface area contributed by atoms with Gasteiger partial charge in [0, 0.05) is 34.8 Å². The predicted octanol–water partition coefficient (Wildman–Crippen LogP) is 2.91. The maximum atomic E-state index is 12.4.